The fraction of sp³-hybridized carbons (Fsp3) is 0.300. The monoisotopic (exact) mass is 289 g/mol. The number of esters is 1. The van der Waals surface area contributed by atoms with Crippen molar-refractivity contribution in [2.45, 2.75) is 0 Å². The minimum atomic E-state index is -0.554. The van der Waals surface area contributed by atoms with Crippen LogP contribution in [0.3, 0.4) is 0 Å². The molecule has 0 aliphatic rings. The molecule has 1 aromatic carbocycles. The van der Waals surface area contributed by atoms with Crippen molar-refractivity contribution < 1.29 is 19.0 Å². The number of rotatable bonds is 3. The lowest BCUT2D eigenvalue weighted by Gasteiger charge is -2.13. The number of carbonyl (C=O) groups excluding carboxylic acids is 1. The molecule has 5 nitrogen and oxygen atoms in total. The van der Waals surface area contributed by atoms with Gasteiger partial charge < -0.3 is 19.9 Å². The van der Waals surface area contributed by atoms with Crippen LogP contribution >= 0.6 is 15.9 Å². The molecule has 0 saturated heterocycles. The Kier molecular flexibility index (Phi) is 4.00. The zero-order valence-electron chi connectivity index (χ0n) is 9.17. The quantitative estimate of drug-likeness (QED) is 0.679. The van der Waals surface area contributed by atoms with E-state index in [0.29, 0.717) is 16.0 Å². The Morgan fingerprint density at radius 3 is 2.25 bits per heavy atom. The van der Waals surface area contributed by atoms with Crippen molar-refractivity contribution in [1.82, 2.24) is 0 Å². The maximum Gasteiger partial charge on any atom is 0.341 e. The van der Waals surface area contributed by atoms with Crippen molar-refractivity contribution in [3.8, 4) is 11.5 Å². The number of benzene rings is 1. The predicted octanol–water partition coefficient (Wildman–Crippen LogP) is 1.84. The van der Waals surface area contributed by atoms with Crippen LogP contribution in [0.5, 0.6) is 11.5 Å². The van der Waals surface area contributed by atoms with E-state index in [1.807, 2.05) is 0 Å². The van der Waals surface area contributed by atoms with Gasteiger partial charge in [0.15, 0.2) is 0 Å². The summed E-state index contributed by atoms with van der Waals surface area (Å²) >= 11 is 3.24. The first-order chi connectivity index (χ1) is 7.56. The van der Waals surface area contributed by atoms with Crippen molar-refractivity contribution in [3.05, 3.63) is 16.1 Å². The highest BCUT2D eigenvalue weighted by Gasteiger charge is 2.22. The first kappa shape index (κ1) is 12.6. The summed E-state index contributed by atoms with van der Waals surface area (Å²) in [5.41, 5.74) is 6.19. The molecular formula is C10H12BrNO4. The number of hydrogen-bond acceptors (Lipinski definition) is 5. The number of anilines is 1. The molecule has 0 spiro atoms. The third kappa shape index (κ3) is 2.06. The number of carbonyl (C=O) groups is 1. The number of hydrogen-bond donors (Lipinski definition) is 1. The molecule has 0 fully saturated rings. The SMILES string of the molecule is COC(=O)c1c(N)c(OC)cc(OC)c1Br. The summed E-state index contributed by atoms with van der Waals surface area (Å²) in [5, 5.41) is 0. The second kappa shape index (κ2) is 5.07. The van der Waals surface area contributed by atoms with Crippen LogP contribution in [0.1, 0.15) is 10.4 Å². The van der Waals surface area contributed by atoms with Crippen LogP contribution in [0.4, 0.5) is 5.69 Å². The minimum Gasteiger partial charge on any atom is -0.495 e. The van der Waals surface area contributed by atoms with Crippen LogP contribution in [0.2, 0.25) is 0 Å². The van der Waals surface area contributed by atoms with Crippen molar-refractivity contribution in [2.75, 3.05) is 27.1 Å². The van der Waals surface area contributed by atoms with Crippen LogP contribution < -0.4 is 15.2 Å². The highest BCUT2D eigenvalue weighted by atomic mass is 79.9. The molecule has 0 aliphatic carbocycles. The van der Waals surface area contributed by atoms with E-state index < -0.39 is 5.97 Å². The topological polar surface area (TPSA) is 70.8 Å². The Labute approximate surface area is 102 Å². The molecule has 0 saturated carbocycles. The van der Waals surface area contributed by atoms with Gasteiger partial charge in [0.05, 0.1) is 31.5 Å². The first-order valence-corrected chi connectivity index (χ1v) is 5.14. The number of ether oxygens (including phenoxy) is 3. The Bertz CT molecular complexity index is 392. The smallest absolute Gasteiger partial charge is 0.341 e. The molecule has 88 valence electrons. The summed E-state index contributed by atoms with van der Waals surface area (Å²) in [7, 11) is 4.22. The summed E-state index contributed by atoms with van der Waals surface area (Å²) < 4.78 is 15.2. The van der Waals surface area contributed by atoms with Gasteiger partial charge in [-0.25, -0.2) is 4.79 Å². The second-order valence-electron chi connectivity index (χ2n) is 2.88. The molecule has 0 aromatic heterocycles. The first-order valence-electron chi connectivity index (χ1n) is 4.35. The van der Waals surface area contributed by atoms with Crippen molar-refractivity contribution in [2.24, 2.45) is 0 Å². The molecule has 6 heteroatoms. The Balaban J connectivity index is 3.49. The Hall–Kier alpha value is -1.43. The molecule has 0 atom stereocenters. The van der Waals surface area contributed by atoms with Crippen LogP contribution in [-0.4, -0.2) is 27.3 Å². The minimum absolute atomic E-state index is 0.193. The van der Waals surface area contributed by atoms with Crippen molar-refractivity contribution >= 4 is 27.6 Å². The average Bonchev–Trinajstić information content (AvgIpc) is 2.29. The Morgan fingerprint density at radius 1 is 1.25 bits per heavy atom. The van der Waals surface area contributed by atoms with E-state index >= 15 is 0 Å². The molecule has 0 unspecified atom stereocenters. The lowest BCUT2D eigenvalue weighted by Crippen LogP contribution is -2.09. The van der Waals surface area contributed by atoms with Gasteiger partial charge in [0.2, 0.25) is 0 Å². The molecule has 0 bridgehead atoms. The summed E-state index contributed by atoms with van der Waals surface area (Å²) in [4.78, 5) is 11.5. The third-order valence-electron chi connectivity index (χ3n) is 2.06. The molecule has 0 amide bonds. The van der Waals surface area contributed by atoms with E-state index in [1.54, 1.807) is 6.07 Å². The molecule has 0 heterocycles. The van der Waals surface area contributed by atoms with Gasteiger partial charge >= 0.3 is 5.97 Å². The number of nitrogens with two attached hydrogens (primary N) is 1. The number of nitrogen functional groups attached to an aromatic ring is 1. The third-order valence-corrected chi connectivity index (χ3v) is 2.85. The zero-order chi connectivity index (χ0) is 12.3. The predicted molar refractivity (Wildman–Crippen MR) is 63.0 cm³/mol. The van der Waals surface area contributed by atoms with E-state index in [1.165, 1.54) is 21.3 Å². The highest BCUT2D eigenvalue weighted by molar-refractivity contribution is 9.10. The molecule has 0 aliphatic heterocycles. The van der Waals surface area contributed by atoms with E-state index in [2.05, 4.69) is 20.7 Å². The zero-order valence-corrected chi connectivity index (χ0v) is 10.8. The normalized spacial score (nSPS) is 9.75. The molecule has 1 rings (SSSR count). The second-order valence-corrected chi connectivity index (χ2v) is 3.67. The molecule has 0 radical (unpaired) electrons. The summed E-state index contributed by atoms with van der Waals surface area (Å²) in [6, 6.07) is 1.59. The van der Waals surface area contributed by atoms with Crippen LogP contribution in [0, 0.1) is 0 Å². The molecule has 16 heavy (non-hydrogen) atoms. The lowest BCUT2D eigenvalue weighted by atomic mass is 10.1. The van der Waals surface area contributed by atoms with E-state index in [0.717, 1.165) is 0 Å². The van der Waals surface area contributed by atoms with Gasteiger partial charge in [-0.15, -0.1) is 0 Å². The van der Waals surface area contributed by atoms with Crippen LogP contribution in [-0.2, 0) is 4.74 Å². The maximum atomic E-state index is 11.5. The fourth-order valence-electron chi connectivity index (χ4n) is 1.24. The van der Waals surface area contributed by atoms with Crippen molar-refractivity contribution in [3.63, 3.8) is 0 Å². The largest absolute Gasteiger partial charge is 0.495 e. The van der Waals surface area contributed by atoms with E-state index in [9.17, 15) is 4.79 Å². The van der Waals surface area contributed by atoms with E-state index in [-0.39, 0.29) is 11.3 Å². The average molecular weight is 290 g/mol. The summed E-state index contributed by atoms with van der Waals surface area (Å²) in [5.74, 6) is 0.258. The fourth-order valence-corrected chi connectivity index (χ4v) is 1.90. The lowest BCUT2D eigenvalue weighted by molar-refractivity contribution is 0.0600. The molecule has 1 aromatic rings. The summed E-state index contributed by atoms with van der Waals surface area (Å²) in [6.07, 6.45) is 0. The molecular weight excluding hydrogens is 278 g/mol. The van der Waals surface area contributed by atoms with Gasteiger partial charge in [0.1, 0.15) is 17.1 Å². The van der Waals surface area contributed by atoms with Crippen molar-refractivity contribution in [1.29, 1.82) is 0 Å². The number of halogens is 1. The van der Waals surface area contributed by atoms with E-state index in [4.69, 9.17) is 15.2 Å². The molecule has 2 N–H and O–H groups in total. The Morgan fingerprint density at radius 2 is 1.81 bits per heavy atom. The van der Waals surface area contributed by atoms with Gasteiger partial charge in [-0.1, -0.05) is 0 Å². The maximum absolute atomic E-state index is 11.5. The van der Waals surface area contributed by atoms with Gasteiger partial charge in [-0.2, -0.15) is 0 Å². The van der Waals surface area contributed by atoms with Gasteiger partial charge in [-0.3, -0.25) is 0 Å². The van der Waals surface area contributed by atoms with Crippen LogP contribution in [0.15, 0.2) is 10.5 Å². The van der Waals surface area contributed by atoms with Gasteiger partial charge in [0, 0.05) is 6.07 Å². The number of methoxy groups -OCH3 is 3. The van der Waals surface area contributed by atoms with Gasteiger partial charge in [-0.05, 0) is 15.9 Å². The van der Waals surface area contributed by atoms with Gasteiger partial charge in [0.25, 0.3) is 0 Å². The standard InChI is InChI=1S/C10H12BrNO4/c1-14-5-4-6(15-2)9(12)7(8(5)11)10(13)16-3/h4H,12H2,1-3H3. The highest BCUT2D eigenvalue weighted by Crippen LogP contribution is 2.39. The summed E-state index contributed by atoms with van der Waals surface area (Å²) in [6.45, 7) is 0. The van der Waals surface area contributed by atoms with Crippen LogP contribution in [0.25, 0.3) is 0 Å².